The molecule has 0 aliphatic carbocycles. The molecule has 1 atom stereocenters. The number of carbonyl (C=O) groups is 2. The molecule has 0 radical (unpaired) electrons. The zero-order chi connectivity index (χ0) is 20.3. The molecule has 0 spiro atoms. The lowest BCUT2D eigenvalue weighted by Gasteiger charge is -2.18. The van der Waals surface area contributed by atoms with E-state index in [0.717, 1.165) is 12.1 Å². The van der Waals surface area contributed by atoms with Gasteiger partial charge < -0.3 is 19.7 Å². The molecule has 1 aliphatic heterocycles. The van der Waals surface area contributed by atoms with Gasteiger partial charge in [-0.05, 0) is 24.1 Å². The van der Waals surface area contributed by atoms with Crippen molar-refractivity contribution >= 4 is 34.8 Å². The van der Waals surface area contributed by atoms with Crippen LogP contribution in [0.15, 0.2) is 36.4 Å². The minimum absolute atomic E-state index is 0.0648. The topological polar surface area (TPSA) is 67.9 Å². The minimum Gasteiger partial charge on any atom is -0.495 e. The zero-order valence-electron chi connectivity index (χ0n) is 16.1. The molecule has 0 saturated carbocycles. The normalized spacial score (nSPS) is 16.2. The third-order valence-corrected chi connectivity index (χ3v) is 5.18. The molecule has 1 N–H and O–H groups in total. The fourth-order valence-electron chi connectivity index (χ4n) is 3.24. The molecular weight excluding hydrogens is 380 g/mol. The Morgan fingerprint density at radius 1 is 1.18 bits per heavy atom. The molecule has 28 heavy (non-hydrogen) atoms. The maximum absolute atomic E-state index is 12.8. The van der Waals surface area contributed by atoms with E-state index in [1.54, 1.807) is 17.0 Å². The van der Waals surface area contributed by atoms with Gasteiger partial charge in [-0.15, -0.1) is 0 Å². The summed E-state index contributed by atoms with van der Waals surface area (Å²) >= 11 is 6.10. The monoisotopic (exact) mass is 402 g/mol. The molecule has 6 nitrogen and oxygen atoms in total. The van der Waals surface area contributed by atoms with Crippen LogP contribution < -0.4 is 19.7 Å². The lowest BCUT2D eigenvalue weighted by atomic mass is 10.1. The van der Waals surface area contributed by atoms with Gasteiger partial charge in [0.1, 0.15) is 11.5 Å². The van der Waals surface area contributed by atoms with Gasteiger partial charge in [-0.1, -0.05) is 30.7 Å². The van der Waals surface area contributed by atoms with Crippen LogP contribution in [0, 0.1) is 5.92 Å². The summed E-state index contributed by atoms with van der Waals surface area (Å²) in [5.41, 5.74) is 2.46. The highest BCUT2D eigenvalue weighted by Crippen LogP contribution is 2.36. The van der Waals surface area contributed by atoms with Crippen molar-refractivity contribution in [3.63, 3.8) is 0 Å². The smallest absolute Gasteiger partial charge is 0.229 e. The summed E-state index contributed by atoms with van der Waals surface area (Å²) in [7, 11) is 2.99. The standard InChI is InChI=1S/C21H23ClN2O4/c1-4-13-5-7-15(8-6-13)24-12-14(9-20(24)25)21(26)23-17-11-18(27-2)16(22)10-19(17)28-3/h5-8,10-11,14H,4,9,12H2,1-3H3,(H,23,26)/t14-/m1/s1. The van der Waals surface area contributed by atoms with Gasteiger partial charge in [-0.2, -0.15) is 0 Å². The van der Waals surface area contributed by atoms with Crippen LogP contribution in [-0.4, -0.2) is 32.6 Å². The Kier molecular flexibility index (Phi) is 6.09. The molecule has 1 aliphatic rings. The number of methoxy groups -OCH3 is 2. The van der Waals surface area contributed by atoms with Crippen LogP contribution in [0.25, 0.3) is 0 Å². The number of rotatable bonds is 6. The molecule has 2 amide bonds. The van der Waals surface area contributed by atoms with Crippen LogP contribution in [0.2, 0.25) is 5.02 Å². The van der Waals surface area contributed by atoms with E-state index in [1.165, 1.54) is 19.8 Å². The summed E-state index contributed by atoms with van der Waals surface area (Å²) in [6.07, 6.45) is 1.10. The number of hydrogen-bond donors (Lipinski definition) is 1. The third kappa shape index (κ3) is 4.07. The molecule has 1 saturated heterocycles. The summed E-state index contributed by atoms with van der Waals surface area (Å²) in [6, 6.07) is 11.0. The summed E-state index contributed by atoms with van der Waals surface area (Å²) in [5.74, 6) is 0.0897. The number of anilines is 2. The number of hydrogen-bond acceptors (Lipinski definition) is 4. The average molecular weight is 403 g/mol. The van der Waals surface area contributed by atoms with Crippen molar-refractivity contribution in [1.29, 1.82) is 0 Å². The van der Waals surface area contributed by atoms with Gasteiger partial charge >= 0.3 is 0 Å². The lowest BCUT2D eigenvalue weighted by molar-refractivity contribution is -0.122. The Labute approximate surface area is 169 Å². The van der Waals surface area contributed by atoms with Gasteiger partial charge in [0.25, 0.3) is 0 Å². The summed E-state index contributed by atoms with van der Waals surface area (Å²) in [4.78, 5) is 26.9. The fourth-order valence-corrected chi connectivity index (χ4v) is 3.47. The Balaban J connectivity index is 1.74. The molecule has 1 fully saturated rings. The molecule has 7 heteroatoms. The summed E-state index contributed by atoms with van der Waals surface area (Å²) in [6.45, 7) is 2.42. The zero-order valence-corrected chi connectivity index (χ0v) is 16.9. The number of ether oxygens (including phenoxy) is 2. The second-order valence-electron chi connectivity index (χ2n) is 6.60. The van der Waals surface area contributed by atoms with Gasteiger partial charge in [-0.3, -0.25) is 9.59 Å². The quantitative estimate of drug-likeness (QED) is 0.795. The first-order valence-corrected chi connectivity index (χ1v) is 9.46. The van der Waals surface area contributed by atoms with Crippen LogP contribution >= 0.6 is 11.6 Å². The summed E-state index contributed by atoms with van der Waals surface area (Å²) < 4.78 is 10.5. The molecule has 1 heterocycles. The van der Waals surface area contributed by atoms with Gasteiger partial charge in [0.2, 0.25) is 11.8 Å². The molecule has 2 aromatic carbocycles. The van der Waals surface area contributed by atoms with Gasteiger partial charge in [0.05, 0.1) is 30.8 Å². The van der Waals surface area contributed by atoms with E-state index in [4.69, 9.17) is 21.1 Å². The van der Waals surface area contributed by atoms with Crippen molar-refractivity contribution in [3.05, 3.63) is 47.0 Å². The summed E-state index contributed by atoms with van der Waals surface area (Å²) in [5, 5.41) is 3.22. The predicted octanol–water partition coefficient (Wildman–Crippen LogP) is 3.91. The number of nitrogens with zero attached hydrogens (tertiary/aromatic N) is 1. The molecular formula is C21H23ClN2O4. The maximum atomic E-state index is 12.8. The van der Waals surface area contributed by atoms with E-state index >= 15 is 0 Å². The highest BCUT2D eigenvalue weighted by Gasteiger charge is 2.35. The number of carbonyl (C=O) groups excluding carboxylic acids is 2. The molecule has 0 aromatic heterocycles. The SMILES string of the molecule is CCc1ccc(N2C[C@H](C(=O)Nc3cc(OC)c(Cl)cc3OC)CC2=O)cc1. The van der Waals surface area contributed by atoms with Crippen molar-refractivity contribution in [2.75, 3.05) is 31.0 Å². The van der Waals surface area contributed by atoms with E-state index in [1.807, 2.05) is 24.3 Å². The van der Waals surface area contributed by atoms with Crippen molar-refractivity contribution in [2.45, 2.75) is 19.8 Å². The van der Waals surface area contributed by atoms with Crippen LogP contribution in [0.4, 0.5) is 11.4 Å². The highest BCUT2D eigenvalue weighted by atomic mass is 35.5. The van der Waals surface area contributed by atoms with Crippen molar-refractivity contribution in [1.82, 2.24) is 0 Å². The van der Waals surface area contributed by atoms with E-state index in [-0.39, 0.29) is 18.2 Å². The Hall–Kier alpha value is -2.73. The first kappa shape index (κ1) is 20.0. The number of aryl methyl sites for hydroxylation is 1. The molecule has 3 rings (SSSR count). The minimum atomic E-state index is -0.454. The van der Waals surface area contributed by atoms with Crippen LogP contribution in [0.1, 0.15) is 18.9 Å². The van der Waals surface area contributed by atoms with Gasteiger partial charge in [0.15, 0.2) is 0 Å². The lowest BCUT2D eigenvalue weighted by Crippen LogP contribution is -2.28. The van der Waals surface area contributed by atoms with Gasteiger partial charge in [-0.25, -0.2) is 0 Å². The predicted molar refractivity (Wildman–Crippen MR) is 109 cm³/mol. The van der Waals surface area contributed by atoms with Crippen molar-refractivity contribution in [3.8, 4) is 11.5 Å². The van der Waals surface area contributed by atoms with Crippen molar-refractivity contribution in [2.24, 2.45) is 5.92 Å². The fraction of sp³-hybridized carbons (Fsp3) is 0.333. The number of amides is 2. The maximum Gasteiger partial charge on any atom is 0.229 e. The van der Waals surface area contributed by atoms with Crippen LogP contribution in [-0.2, 0) is 16.0 Å². The second-order valence-corrected chi connectivity index (χ2v) is 7.01. The molecule has 0 unspecified atom stereocenters. The second kappa shape index (κ2) is 8.52. The highest BCUT2D eigenvalue weighted by molar-refractivity contribution is 6.32. The molecule has 2 aromatic rings. The number of halogens is 1. The first-order valence-electron chi connectivity index (χ1n) is 9.08. The largest absolute Gasteiger partial charge is 0.495 e. The van der Waals surface area contributed by atoms with Crippen LogP contribution in [0.3, 0.4) is 0 Å². The van der Waals surface area contributed by atoms with Crippen molar-refractivity contribution < 1.29 is 19.1 Å². The van der Waals surface area contributed by atoms with Crippen LogP contribution in [0.5, 0.6) is 11.5 Å². The Morgan fingerprint density at radius 2 is 1.86 bits per heavy atom. The van der Waals surface area contributed by atoms with E-state index < -0.39 is 5.92 Å². The Bertz CT molecular complexity index is 883. The molecule has 148 valence electrons. The molecule has 0 bridgehead atoms. The average Bonchev–Trinajstić information content (AvgIpc) is 3.10. The van der Waals surface area contributed by atoms with Gasteiger partial charge in [0, 0.05) is 30.8 Å². The van der Waals surface area contributed by atoms with E-state index in [9.17, 15) is 9.59 Å². The Morgan fingerprint density at radius 3 is 2.46 bits per heavy atom. The number of nitrogens with one attached hydrogen (secondary N) is 1. The number of benzene rings is 2. The van der Waals surface area contributed by atoms with E-state index in [2.05, 4.69) is 12.2 Å². The first-order chi connectivity index (χ1) is 13.5. The van der Waals surface area contributed by atoms with E-state index in [0.29, 0.717) is 28.8 Å². The third-order valence-electron chi connectivity index (χ3n) is 4.88.